The largest absolute Gasteiger partial charge is 0.293 e. The Bertz CT molecular complexity index is 508. The van der Waals surface area contributed by atoms with E-state index in [2.05, 4.69) is 30.9 Å². The van der Waals surface area contributed by atoms with Crippen molar-refractivity contribution in [2.45, 2.75) is 64.5 Å². The predicted molar refractivity (Wildman–Crippen MR) is 82.3 cm³/mol. The van der Waals surface area contributed by atoms with Crippen molar-refractivity contribution in [3.8, 4) is 0 Å². The molecule has 1 heterocycles. The second-order valence-corrected chi connectivity index (χ2v) is 6.42. The number of Topliss-reactive ketones (excluding diaryl/α,β-unsaturated/α-hetero) is 1. The van der Waals surface area contributed by atoms with Gasteiger partial charge in [-0.25, -0.2) is 0 Å². The highest BCUT2D eigenvalue weighted by atomic mass is 16.1. The summed E-state index contributed by atoms with van der Waals surface area (Å²) in [5.74, 6) is 0.298. The maximum absolute atomic E-state index is 12.6. The number of likely N-dealkylation sites (tertiary alicyclic amines) is 1. The fourth-order valence-corrected chi connectivity index (χ4v) is 3.85. The fourth-order valence-electron chi connectivity index (χ4n) is 3.85. The third-order valence-electron chi connectivity index (χ3n) is 5.17. The van der Waals surface area contributed by atoms with Crippen LogP contribution in [-0.4, -0.2) is 29.3 Å². The SMILES string of the molecule is CCC1CCC(C)N1CC(=O)c1ccc2c(c1)CCC2. The summed E-state index contributed by atoms with van der Waals surface area (Å²) in [5.41, 5.74) is 3.76. The van der Waals surface area contributed by atoms with E-state index in [4.69, 9.17) is 0 Å². The molecular formula is C18H25NO. The molecule has 108 valence electrons. The molecule has 0 spiro atoms. The highest BCUT2D eigenvalue weighted by Crippen LogP contribution is 2.27. The lowest BCUT2D eigenvalue weighted by molar-refractivity contribution is 0.0889. The first kappa shape index (κ1) is 13.8. The summed E-state index contributed by atoms with van der Waals surface area (Å²) < 4.78 is 0. The van der Waals surface area contributed by atoms with Crippen LogP contribution in [0.4, 0.5) is 0 Å². The van der Waals surface area contributed by atoms with Crippen LogP contribution < -0.4 is 0 Å². The van der Waals surface area contributed by atoms with Gasteiger partial charge in [-0.15, -0.1) is 0 Å². The van der Waals surface area contributed by atoms with Gasteiger partial charge in [-0.05, 0) is 62.6 Å². The van der Waals surface area contributed by atoms with Crippen molar-refractivity contribution >= 4 is 5.78 Å². The lowest BCUT2D eigenvalue weighted by Gasteiger charge is -2.26. The third-order valence-corrected chi connectivity index (χ3v) is 5.17. The van der Waals surface area contributed by atoms with Crippen molar-refractivity contribution in [3.05, 3.63) is 34.9 Å². The highest BCUT2D eigenvalue weighted by Gasteiger charge is 2.30. The lowest BCUT2D eigenvalue weighted by Crippen LogP contribution is -2.38. The van der Waals surface area contributed by atoms with Gasteiger partial charge in [0.2, 0.25) is 0 Å². The summed E-state index contributed by atoms with van der Waals surface area (Å²) in [4.78, 5) is 15.0. The molecule has 0 aromatic heterocycles. The normalized spacial score (nSPS) is 25.9. The topological polar surface area (TPSA) is 20.3 Å². The molecule has 0 bridgehead atoms. The molecule has 1 aromatic rings. The Morgan fingerprint density at radius 1 is 1.25 bits per heavy atom. The van der Waals surface area contributed by atoms with Crippen LogP contribution in [0.3, 0.4) is 0 Å². The zero-order chi connectivity index (χ0) is 14.1. The average molecular weight is 271 g/mol. The van der Waals surface area contributed by atoms with Crippen molar-refractivity contribution in [2.24, 2.45) is 0 Å². The second-order valence-electron chi connectivity index (χ2n) is 6.42. The third kappa shape index (κ3) is 2.54. The summed E-state index contributed by atoms with van der Waals surface area (Å²) in [6.07, 6.45) is 7.21. The number of benzene rings is 1. The summed E-state index contributed by atoms with van der Waals surface area (Å²) in [5, 5.41) is 0. The Morgan fingerprint density at radius 2 is 2.05 bits per heavy atom. The van der Waals surface area contributed by atoms with E-state index >= 15 is 0 Å². The number of hydrogen-bond donors (Lipinski definition) is 0. The molecule has 1 fully saturated rings. The maximum atomic E-state index is 12.6. The van der Waals surface area contributed by atoms with Gasteiger partial charge < -0.3 is 0 Å². The lowest BCUT2D eigenvalue weighted by atomic mass is 10.0. The molecule has 2 aliphatic rings. The number of hydrogen-bond acceptors (Lipinski definition) is 2. The molecule has 1 aliphatic heterocycles. The molecule has 2 unspecified atom stereocenters. The predicted octanol–water partition coefficient (Wildman–Crippen LogP) is 3.62. The van der Waals surface area contributed by atoms with Gasteiger partial charge in [0.05, 0.1) is 6.54 Å². The van der Waals surface area contributed by atoms with Crippen molar-refractivity contribution in [1.29, 1.82) is 0 Å². The van der Waals surface area contributed by atoms with Crippen LogP contribution in [0.1, 0.15) is 61.0 Å². The molecule has 0 saturated carbocycles. The molecule has 3 rings (SSSR count). The Labute approximate surface area is 122 Å². The summed E-state index contributed by atoms with van der Waals surface area (Å²) >= 11 is 0. The molecule has 0 radical (unpaired) electrons. The molecule has 2 atom stereocenters. The molecule has 0 N–H and O–H groups in total. The first-order valence-electron chi connectivity index (χ1n) is 8.09. The van der Waals surface area contributed by atoms with Crippen molar-refractivity contribution in [1.82, 2.24) is 4.90 Å². The van der Waals surface area contributed by atoms with Gasteiger partial charge in [-0.1, -0.05) is 19.1 Å². The van der Waals surface area contributed by atoms with Gasteiger partial charge in [-0.2, -0.15) is 0 Å². The highest BCUT2D eigenvalue weighted by molar-refractivity contribution is 5.98. The molecular weight excluding hydrogens is 246 g/mol. The van der Waals surface area contributed by atoms with Crippen LogP contribution in [0.2, 0.25) is 0 Å². The number of nitrogens with zero attached hydrogens (tertiary/aromatic N) is 1. The van der Waals surface area contributed by atoms with Crippen molar-refractivity contribution < 1.29 is 4.79 Å². The maximum Gasteiger partial charge on any atom is 0.176 e. The summed E-state index contributed by atoms with van der Waals surface area (Å²) in [7, 11) is 0. The monoisotopic (exact) mass is 271 g/mol. The molecule has 20 heavy (non-hydrogen) atoms. The van der Waals surface area contributed by atoms with E-state index in [1.807, 2.05) is 6.07 Å². The Hall–Kier alpha value is -1.15. The number of fused-ring (bicyclic) bond motifs is 1. The van der Waals surface area contributed by atoms with E-state index in [0.29, 0.717) is 24.4 Å². The summed E-state index contributed by atoms with van der Waals surface area (Å²) in [6, 6.07) is 7.50. The van der Waals surface area contributed by atoms with Gasteiger partial charge in [0.1, 0.15) is 0 Å². The van der Waals surface area contributed by atoms with Gasteiger partial charge >= 0.3 is 0 Å². The zero-order valence-corrected chi connectivity index (χ0v) is 12.7. The zero-order valence-electron chi connectivity index (χ0n) is 12.7. The fraction of sp³-hybridized carbons (Fsp3) is 0.611. The molecule has 2 heteroatoms. The first-order valence-corrected chi connectivity index (χ1v) is 8.09. The first-order chi connectivity index (χ1) is 9.69. The number of rotatable bonds is 4. The van der Waals surface area contributed by atoms with Crippen LogP contribution in [0.5, 0.6) is 0 Å². The van der Waals surface area contributed by atoms with Crippen LogP contribution in [0.15, 0.2) is 18.2 Å². The smallest absolute Gasteiger partial charge is 0.176 e. The quantitative estimate of drug-likeness (QED) is 0.780. The van der Waals surface area contributed by atoms with Gasteiger partial charge in [0, 0.05) is 17.6 Å². The minimum absolute atomic E-state index is 0.298. The van der Waals surface area contributed by atoms with E-state index in [9.17, 15) is 4.79 Å². The standard InChI is InChI=1S/C18H25NO/c1-3-17-10-7-13(2)19(17)12-18(20)16-9-8-14-5-4-6-15(14)11-16/h8-9,11,13,17H,3-7,10,12H2,1-2H3. The number of ketones is 1. The molecule has 1 saturated heterocycles. The molecule has 1 aliphatic carbocycles. The minimum Gasteiger partial charge on any atom is -0.293 e. The molecule has 0 amide bonds. The number of carbonyl (C=O) groups is 1. The minimum atomic E-state index is 0.298. The van der Waals surface area contributed by atoms with E-state index < -0.39 is 0 Å². The second kappa shape index (κ2) is 5.69. The van der Waals surface area contributed by atoms with Crippen LogP contribution >= 0.6 is 0 Å². The van der Waals surface area contributed by atoms with Crippen molar-refractivity contribution in [2.75, 3.05) is 6.54 Å². The summed E-state index contributed by atoms with van der Waals surface area (Å²) in [6.45, 7) is 5.08. The van der Waals surface area contributed by atoms with E-state index in [1.165, 1.54) is 36.8 Å². The Morgan fingerprint density at radius 3 is 2.85 bits per heavy atom. The van der Waals surface area contributed by atoms with Crippen LogP contribution in [0.25, 0.3) is 0 Å². The Kier molecular flexibility index (Phi) is 3.93. The molecule has 2 nitrogen and oxygen atoms in total. The van der Waals surface area contributed by atoms with E-state index in [-0.39, 0.29) is 0 Å². The average Bonchev–Trinajstić information content (AvgIpc) is 3.05. The van der Waals surface area contributed by atoms with E-state index in [0.717, 1.165) is 18.4 Å². The number of aryl methyl sites for hydroxylation is 2. The molecule has 1 aromatic carbocycles. The van der Waals surface area contributed by atoms with Crippen molar-refractivity contribution in [3.63, 3.8) is 0 Å². The Balaban J connectivity index is 1.73. The van der Waals surface area contributed by atoms with Gasteiger partial charge in [0.15, 0.2) is 5.78 Å². The van der Waals surface area contributed by atoms with Gasteiger partial charge in [-0.3, -0.25) is 9.69 Å². The van der Waals surface area contributed by atoms with Crippen LogP contribution in [-0.2, 0) is 12.8 Å². The van der Waals surface area contributed by atoms with Gasteiger partial charge in [0.25, 0.3) is 0 Å². The van der Waals surface area contributed by atoms with Crippen LogP contribution in [0, 0.1) is 0 Å². The number of carbonyl (C=O) groups excluding carboxylic acids is 1. The van der Waals surface area contributed by atoms with E-state index in [1.54, 1.807) is 0 Å².